The van der Waals surface area contributed by atoms with Gasteiger partial charge in [0.25, 0.3) is 5.69 Å². The highest BCUT2D eigenvalue weighted by Crippen LogP contribution is 2.39. The second-order valence-corrected chi connectivity index (χ2v) is 5.90. The van der Waals surface area contributed by atoms with Crippen molar-refractivity contribution in [1.29, 1.82) is 0 Å². The first-order valence-electron chi connectivity index (χ1n) is 7.81. The molecule has 0 saturated carbocycles. The van der Waals surface area contributed by atoms with E-state index in [1.165, 1.54) is 18.3 Å². The number of benzene rings is 3. The fraction of sp³-hybridized carbons (Fsp3) is 0.0500. The molecule has 0 amide bonds. The Balaban J connectivity index is 1.65. The van der Waals surface area contributed by atoms with E-state index in [2.05, 4.69) is 4.99 Å². The molecule has 0 unspecified atom stereocenters. The molecule has 25 heavy (non-hydrogen) atoms. The summed E-state index contributed by atoms with van der Waals surface area (Å²) in [7, 11) is 0. The lowest BCUT2D eigenvalue weighted by atomic mass is 10.1. The van der Waals surface area contributed by atoms with Gasteiger partial charge < -0.3 is 0 Å². The van der Waals surface area contributed by atoms with Crippen LogP contribution < -0.4 is 0 Å². The van der Waals surface area contributed by atoms with Crippen LogP contribution in [0.2, 0.25) is 0 Å². The van der Waals surface area contributed by atoms with Crippen molar-refractivity contribution in [1.82, 2.24) is 0 Å². The summed E-state index contributed by atoms with van der Waals surface area (Å²) in [5.41, 5.74) is 5.36. The van der Waals surface area contributed by atoms with E-state index in [1.807, 2.05) is 18.2 Å². The highest BCUT2D eigenvalue weighted by Gasteiger charge is 2.21. The third kappa shape index (κ3) is 2.80. The van der Waals surface area contributed by atoms with Gasteiger partial charge in [0.2, 0.25) is 0 Å². The summed E-state index contributed by atoms with van der Waals surface area (Å²) >= 11 is 0. The van der Waals surface area contributed by atoms with Gasteiger partial charge in [-0.3, -0.25) is 15.1 Å². The molecule has 4 nitrogen and oxygen atoms in total. The molecular formula is C20H13FN2O2. The number of rotatable bonds is 3. The molecule has 0 spiro atoms. The lowest BCUT2D eigenvalue weighted by molar-refractivity contribution is -0.384. The monoisotopic (exact) mass is 332 g/mol. The summed E-state index contributed by atoms with van der Waals surface area (Å²) in [5, 5.41) is 10.9. The molecular weight excluding hydrogens is 319 g/mol. The average Bonchev–Trinajstić information content (AvgIpc) is 2.97. The predicted molar refractivity (Wildman–Crippen MR) is 95.0 cm³/mol. The molecule has 0 atom stereocenters. The van der Waals surface area contributed by atoms with E-state index >= 15 is 0 Å². The molecule has 3 aromatic rings. The minimum atomic E-state index is -0.382. The van der Waals surface area contributed by atoms with Gasteiger partial charge >= 0.3 is 0 Å². The van der Waals surface area contributed by atoms with Crippen LogP contribution in [-0.2, 0) is 6.42 Å². The predicted octanol–water partition coefficient (Wildman–Crippen LogP) is 5.06. The van der Waals surface area contributed by atoms with E-state index in [9.17, 15) is 14.5 Å². The van der Waals surface area contributed by atoms with Crippen molar-refractivity contribution >= 4 is 17.6 Å². The van der Waals surface area contributed by atoms with Crippen molar-refractivity contribution in [3.05, 3.63) is 93.3 Å². The van der Waals surface area contributed by atoms with Gasteiger partial charge in [0.1, 0.15) is 5.82 Å². The highest BCUT2D eigenvalue weighted by atomic mass is 19.1. The lowest BCUT2D eigenvalue weighted by Crippen LogP contribution is -1.89. The van der Waals surface area contributed by atoms with Gasteiger partial charge in [-0.1, -0.05) is 24.3 Å². The highest BCUT2D eigenvalue weighted by molar-refractivity contribution is 5.84. The normalized spacial score (nSPS) is 12.2. The number of nitrogens with zero attached hydrogens (tertiary/aromatic N) is 2. The van der Waals surface area contributed by atoms with Crippen molar-refractivity contribution in [3.63, 3.8) is 0 Å². The third-order valence-corrected chi connectivity index (χ3v) is 4.32. The Morgan fingerprint density at radius 1 is 1.00 bits per heavy atom. The van der Waals surface area contributed by atoms with Crippen molar-refractivity contribution < 1.29 is 9.31 Å². The molecule has 0 radical (unpaired) electrons. The van der Waals surface area contributed by atoms with E-state index < -0.39 is 0 Å². The quantitative estimate of drug-likeness (QED) is 0.299. The molecule has 1 aliphatic carbocycles. The Bertz CT molecular complexity index is 1030. The molecule has 0 N–H and O–H groups in total. The van der Waals surface area contributed by atoms with Gasteiger partial charge in [0, 0.05) is 23.9 Å². The summed E-state index contributed by atoms with van der Waals surface area (Å²) in [4.78, 5) is 14.9. The standard InChI is InChI=1S/C20H13FN2O2/c21-20-4-2-1-3-13(20)12-22-16-5-7-18-14(10-16)9-15-11-17(23(24)25)6-8-19(15)18/h1-8,10-12H,9H2. The molecule has 3 aromatic carbocycles. The molecule has 4 rings (SSSR count). The van der Waals surface area contributed by atoms with Crippen LogP contribution in [0, 0.1) is 15.9 Å². The fourth-order valence-electron chi connectivity index (χ4n) is 3.10. The number of non-ortho nitro benzene ring substituents is 1. The molecule has 5 heteroatoms. The Hall–Kier alpha value is -3.34. The Labute approximate surface area is 143 Å². The summed E-state index contributed by atoms with van der Waals surface area (Å²) in [6, 6.07) is 17.2. The number of halogens is 1. The zero-order valence-corrected chi connectivity index (χ0v) is 13.1. The van der Waals surface area contributed by atoms with Gasteiger partial charge in [-0.15, -0.1) is 0 Å². The molecule has 0 saturated heterocycles. The first-order valence-corrected chi connectivity index (χ1v) is 7.81. The number of fused-ring (bicyclic) bond motifs is 3. The van der Waals surface area contributed by atoms with E-state index in [0.29, 0.717) is 12.0 Å². The fourth-order valence-corrected chi connectivity index (χ4v) is 3.10. The van der Waals surface area contributed by atoms with Crippen LogP contribution in [0.5, 0.6) is 0 Å². The third-order valence-electron chi connectivity index (χ3n) is 4.32. The molecule has 1 aliphatic rings. The van der Waals surface area contributed by atoms with Crippen molar-refractivity contribution in [2.45, 2.75) is 6.42 Å². The first kappa shape index (κ1) is 15.2. The molecule has 0 bridgehead atoms. The largest absolute Gasteiger partial charge is 0.269 e. The Morgan fingerprint density at radius 2 is 1.72 bits per heavy atom. The minimum Gasteiger partial charge on any atom is -0.258 e. The van der Waals surface area contributed by atoms with Crippen molar-refractivity contribution in [3.8, 4) is 11.1 Å². The molecule has 0 heterocycles. The van der Waals surface area contributed by atoms with E-state index in [4.69, 9.17) is 0 Å². The Morgan fingerprint density at radius 3 is 2.48 bits per heavy atom. The number of hydrogen-bond donors (Lipinski definition) is 0. The first-order chi connectivity index (χ1) is 12.1. The zero-order chi connectivity index (χ0) is 17.4. The lowest BCUT2D eigenvalue weighted by Gasteiger charge is -2.02. The van der Waals surface area contributed by atoms with Crippen LogP contribution in [0.15, 0.2) is 65.7 Å². The van der Waals surface area contributed by atoms with Crippen LogP contribution in [0.3, 0.4) is 0 Å². The smallest absolute Gasteiger partial charge is 0.258 e. The van der Waals surface area contributed by atoms with Crippen molar-refractivity contribution in [2.24, 2.45) is 4.99 Å². The summed E-state index contributed by atoms with van der Waals surface area (Å²) in [6.45, 7) is 0. The van der Waals surface area contributed by atoms with Crippen LogP contribution >= 0.6 is 0 Å². The van der Waals surface area contributed by atoms with Gasteiger partial charge in [-0.25, -0.2) is 4.39 Å². The second kappa shape index (κ2) is 5.94. The van der Waals surface area contributed by atoms with E-state index in [1.54, 1.807) is 30.3 Å². The molecule has 122 valence electrons. The van der Waals surface area contributed by atoms with Gasteiger partial charge in [-0.2, -0.15) is 0 Å². The maximum absolute atomic E-state index is 13.6. The molecule has 0 aromatic heterocycles. The van der Waals surface area contributed by atoms with Crippen LogP contribution in [-0.4, -0.2) is 11.1 Å². The number of nitro groups is 1. The van der Waals surface area contributed by atoms with E-state index in [0.717, 1.165) is 27.9 Å². The maximum atomic E-state index is 13.6. The van der Waals surface area contributed by atoms with Crippen LogP contribution in [0.25, 0.3) is 11.1 Å². The number of aliphatic imine (C=N–C) groups is 1. The number of nitro benzene ring substituents is 1. The van der Waals surface area contributed by atoms with E-state index in [-0.39, 0.29) is 16.4 Å². The maximum Gasteiger partial charge on any atom is 0.269 e. The summed E-state index contributed by atoms with van der Waals surface area (Å²) in [6.07, 6.45) is 2.14. The second-order valence-electron chi connectivity index (χ2n) is 5.90. The van der Waals surface area contributed by atoms with Crippen molar-refractivity contribution in [2.75, 3.05) is 0 Å². The minimum absolute atomic E-state index is 0.101. The SMILES string of the molecule is O=[N+]([O-])c1ccc2c(c1)Cc1cc(N=Cc3ccccc3F)ccc1-2. The van der Waals surface area contributed by atoms with Gasteiger partial charge in [0.15, 0.2) is 0 Å². The van der Waals surface area contributed by atoms with Crippen LogP contribution in [0.1, 0.15) is 16.7 Å². The number of hydrogen-bond acceptors (Lipinski definition) is 3. The summed E-state index contributed by atoms with van der Waals surface area (Å²) in [5.74, 6) is -0.313. The molecule has 0 fully saturated rings. The zero-order valence-electron chi connectivity index (χ0n) is 13.1. The topological polar surface area (TPSA) is 55.5 Å². The van der Waals surface area contributed by atoms with Gasteiger partial charge in [-0.05, 0) is 52.9 Å². The van der Waals surface area contributed by atoms with Crippen LogP contribution in [0.4, 0.5) is 15.8 Å². The average molecular weight is 332 g/mol. The molecule has 0 aliphatic heterocycles. The van der Waals surface area contributed by atoms with Gasteiger partial charge in [0.05, 0.1) is 10.6 Å². The summed E-state index contributed by atoms with van der Waals surface area (Å²) < 4.78 is 13.6. The Kier molecular flexibility index (Phi) is 3.61.